The van der Waals surface area contributed by atoms with Crippen molar-refractivity contribution in [3.63, 3.8) is 0 Å². The van der Waals surface area contributed by atoms with Crippen LogP contribution in [0, 0.1) is 0 Å². The summed E-state index contributed by atoms with van der Waals surface area (Å²) in [4.78, 5) is 4.39. The first-order valence-electron chi connectivity index (χ1n) is 3.76. The van der Waals surface area contributed by atoms with Crippen LogP contribution in [0.15, 0.2) is 0 Å². The Kier molecular flexibility index (Phi) is 5.40. The van der Waals surface area contributed by atoms with Crippen LogP contribution in [0.4, 0.5) is 0 Å². The van der Waals surface area contributed by atoms with Gasteiger partial charge in [-0.05, 0) is 0 Å². The number of hydrogen-bond donors (Lipinski definition) is 0. The van der Waals surface area contributed by atoms with Crippen LogP contribution in [0.1, 0.15) is 0 Å². The summed E-state index contributed by atoms with van der Waals surface area (Å²) in [6.07, 6.45) is 1.16. The smallest absolute Gasteiger partial charge is 0.356 e. The molecular formula is C4H7N4O7PS2. The summed E-state index contributed by atoms with van der Waals surface area (Å²) >= 11 is 0. The maximum atomic E-state index is 11.1. The summed E-state index contributed by atoms with van der Waals surface area (Å²) < 4.78 is 62.7. The van der Waals surface area contributed by atoms with Gasteiger partial charge in [0.15, 0.2) is 0 Å². The maximum Gasteiger partial charge on any atom is 0.576 e. The highest BCUT2D eigenvalue weighted by molar-refractivity contribution is 8.05. The van der Waals surface area contributed by atoms with E-state index in [0.717, 1.165) is 0 Å². The van der Waals surface area contributed by atoms with Crippen molar-refractivity contribution in [1.29, 1.82) is 0 Å². The molecule has 0 saturated heterocycles. The first-order chi connectivity index (χ1) is 8.02. The average molecular weight is 318 g/mol. The van der Waals surface area contributed by atoms with Gasteiger partial charge in [-0.3, -0.25) is 0 Å². The molecule has 0 rings (SSSR count). The molecule has 0 spiro atoms. The SMILES string of the molecule is CS(=O)(=O)C(=[N+]=[N-])O[PH](=O)OC(=[N+]=[N-])S(C)(=O)=O. The summed E-state index contributed by atoms with van der Waals surface area (Å²) in [5.41, 5.74) is 16.5. The van der Waals surface area contributed by atoms with Gasteiger partial charge in [-0.2, -0.15) is 0 Å². The zero-order valence-electron chi connectivity index (χ0n) is 8.96. The van der Waals surface area contributed by atoms with E-state index in [2.05, 4.69) is 18.6 Å². The van der Waals surface area contributed by atoms with Gasteiger partial charge in [0.2, 0.25) is 0 Å². The van der Waals surface area contributed by atoms with E-state index < -0.39 is 38.4 Å². The van der Waals surface area contributed by atoms with Crippen LogP contribution < -0.4 is 0 Å². The molecule has 0 amide bonds. The molecule has 11 nitrogen and oxygen atoms in total. The molecule has 0 radical (unpaired) electrons. The van der Waals surface area contributed by atoms with E-state index in [9.17, 15) is 21.4 Å². The minimum absolute atomic E-state index is 0.578. The lowest BCUT2D eigenvalue weighted by atomic mass is 11.5. The van der Waals surface area contributed by atoms with E-state index in [0.29, 0.717) is 12.5 Å². The lowest BCUT2D eigenvalue weighted by Gasteiger charge is -1.98. The molecular weight excluding hydrogens is 311 g/mol. The zero-order valence-corrected chi connectivity index (χ0v) is 11.6. The molecule has 0 aliphatic heterocycles. The molecule has 102 valence electrons. The molecule has 0 fully saturated rings. The third kappa shape index (κ3) is 5.21. The van der Waals surface area contributed by atoms with Gasteiger partial charge in [0.05, 0.1) is 12.5 Å². The first kappa shape index (κ1) is 16.5. The fourth-order valence-corrected chi connectivity index (χ4v) is 2.83. The Morgan fingerprint density at radius 3 is 1.39 bits per heavy atom. The van der Waals surface area contributed by atoms with E-state index in [1.165, 1.54) is 0 Å². The van der Waals surface area contributed by atoms with Crippen molar-refractivity contribution in [2.24, 2.45) is 0 Å². The molecule has 0 N–H and O–H groups in total. The second kappa shape index (κ2) is 5.89. The Hall–Kier alpha value is -1.51. The highest BCUT2D eigenvalue weighted by atomic mass is 32.2. The Morgan fingerprint density at radius 2 is 1.22 bits per heavy atom. The predicted molar refractivity (Wildman–Crippen MR) is 58.1 cm³/mol. The minimum atomic E-state index is -4.12. The number of nitrogens with zero attached hydrogens (tertiary/aromatic N) is 4. The van der Waals surface area contributed by atoms with Crippen molar-refractivity contribution in [1.82, 2.24) is 0 Å². The Bertz CT molecular complexity index is 608. The maximum absolute atomic E-state index is 11.1. The largest absolute Gasteiger partial charge is 0.576 e. The van der Waals surface area contributed by atoms with Crippen LogP contribution in [0.3, 0.4) is 0 Å². The van der Waals surface area contributed by atoms with Crippen LogP contribution in [0.2, 0.25) is 0 Å². The van der Waals surface area contributed by atoms with E-state index >= 15 is 0 Å². The number of hydrogen-bond acceptors (Lipinski definition) is 7. The number of sulfone groups is 2. The van der Waals surface area contributed by atoms with Crippen LogP contribution in [0.5, 0.6) is 0 Å². The lowest BCUT2D eigenvalue weighted by Crippen LogP contribution is -2.18. The van der Waals surface area contributed by atoms with Gasteiger partial charge >= 0.3 is 18.7 Å². The van der Waals surface area contributed by atoms with Gasteiger partial charge in [0.25, 0.3) is 19.7 Å². The molecule has 0 aliphatic rings. The third-order valence-electron chi connectivity index (χ3n) is 1.14. The molecule has 0 aromatic carbocycles. The van der Waals surface area contributed by atoms with Gasteiger partial charge in [0.1, 0.15) is 0 Å². The lowest BCUT2D eigenvalue weighted by molar-refractivity contribution is -0.0254. The van der Waals surface area contributed by atoms with Crippen molar-refractivity contribution in [3.05, 3.63) is 11.1 Å². The van der Waals surface area contributed by atoms with Gasteiger partial charge in [-0.15, -0.1) is 9.58 Å². The zero-order chi connectivity index (χ0) is 14.6. The molecule has 0 saturated carbocycles. The summed E-state index contributed by atoms with van der Waals surface area (Å²) in [7, 11) is -12.0. The molecule has 0 bridgehead atoms. The van der Waals surface area contributed by atoms with Crippen LogP contribution in [0.25, 0.3) is 11.1 Å². The molecule has 0 atom stereocenters. The predicted octanol–water partition coefficient (Wildman–Crippen LogP) is -1.33. The van der Waals surface area contributed by atoms with E-state index in [-0.39, 0.29) is 0 Å². The Morgan fingerprint density at radius 1 is 0.944 bits per heavy atom. The fraction of sp³-hybridized carbons (Fsp3) is 0.500. The van der Waals surface area contributed by atoms with Crippen LogP contribution >= 0.6 is 8.25 Å². The highest BCUT2D eigenvalue weighted by Crippen LogP contribution is 2.25. The fourth-order valence-electron chi connectivity index (χ4n) is 0.504. The van der Waals surface area contributed by atoms with E-state index in [1.807, 2.05) is 0 Å². The molecule has 14 heteroatoms. The quantitative estimate of drug-likeness (QED) is 0.199. The van der Waals surface area contributed by atoms with Gasteiger partial charge in [-0.25, -0.2) is 21.4 Å². The molecule has 18 heavy (non-hydrogen) atoms. The van der Waals surface area contributed by atoms with Crippen molar-refractivity contribution in [2.45, 2.75) is 0 Å². The van der Waals surface area contributed by atoms with Crippen LogP contribution in [-0.4, -0.2) is 49.4 Å². The first-order valence-corrected chi connectivity index (χ1v) is 8.77. The Labute approximate surface area is 102 Å². The molecule has 0 aliphatic carbocycles. The Balaban J connectivity index is 5.06. The topological polar surface area (TPSA) is 177 Å². The number of rotatable bonds is 2. The van der Waals surface area contributed by atoms with Crippen molar-refractivity contribution >= 4 is 38.4 Å². The second-order valence-corrected chi connectivity index (χ2v) is 7.43. The molecule has 0 unspecified atom stereocenters. The van der Waals surface area contributed by atoms with Gasteiger partial charge < -0.3 is 20.1 Å². The minimum Gasteiger partial charge on any atom is -0.356 e. The van der Waals surface area contributed by atoms with Crippen molar-refractivity contribution < 1.29 is 40.0 Å². The molecule has 0 heterocycles. The van der Waals surface area contributed by atoms with Gasteiger partial charge in [-0.1, -0.05) is 0 Å². The van der Waals surface area contributed by atoms with Crippen molar-refractivity contribution in [2.75, 3.05) is 12.5 Å². The average Bonchev–Trinajstić information content (AvgIpc) is 2.19. The van der Waals surface area contributed by atoms with E-state index in [1.54, 1.807) is 0 Å². The molecule has 0 aromatic rings. The third-order valence-corrected chi connectivity index (χ3v) is 3.75. The van der Waals surface area contributed by atoms with E-state index in [4.69, 9.17) is 11.1 Å². The monoisotopic (exact) mass is 318 g/mol. The van der Waals surface area contributed by atoms with Gasteiger partial charge in [0, 0.05) is 0 Å². The second-order valence-electron chi connectivity index (χ2n) is 2.73. The normalized spacial score (nSPS) is 12.8. The summed E-state index contributed by atoms with van der Waals surface area (Å²) in [5, 5.41) is -2.67. The summed E-state index contributed by atoms with van der Waals surface area (Å²) in [6, 6.07) is 0. The van der Waals surface area contributed by atoms with Crippen LogP contribution in [-0.2, 0) is 33.3 Å². The van der Waals surface area contributed by atoms with Crippen molar-refractivity contribution in [3.8, 4) is 0 Å². The molecule has 0 aromatic heterocycles. The summed E-state index contributed by atoms with van der Waals surface area (Å²) in [6.45, 7) is 0. The summed E-state index contributed by atoms with van der Waals surface area (Å²) in [5.74, 6) is 0. The standard InChI is InChI=1S/C4H7N4O7PS2/c1-17(10,11)3(7-5)14-16(9)15-4(8-6)18(2,12)13/h16H,1-2H3. The highest BCUT2D eigenvalue weighted by Gasteiger charge is 2.33.